The molecule has 0 bridgehead atoms. The van der Waals surface area contributed by atoms with Gasteiger partial charge in [-0.05, 0) is 46.9 Å². The van der Waals surface area contributed by atoms with Crippen molar-refractivity contribution in [2.45, 2.75) is 60.5 Å². The molecular weight excluding hydrogens is 520 g/mol. The van der Waals surface area contributed by atoms with Crippen LogP contribution in [-0.2, 0) is 22.3 Å². The van der Waals surface area contributed by atoms with Crippen molar-refractivity contribution < 1.29 is 14.6 Å². The number of methoxy groups -OCH3 is 2. The molecule has 0 aliphatic rings. The molecule has 0 saturated carbocycles. The lowest BCUT2D eigenvalue weighted by Gasteiger charge is -2.05. The summed E-state index contributed by atoms with van der Waals surface area (Å²) in [5, 5.41) is 11.4. The van der Waals surface area contributed by atoms with E-state index in [1.807, 2.05) is 52.0 Å². The van der Waals surface area contributed by atoms with Crippen LogP contribution in [0.4, 0.5) is 0 Å². The van der Waals surface area contributed by atoms with Crippen LogP contribution in [0.5, 0.6) is 0 Å². The number of hydrogen-bond donors (Lipinski definition) is 1. The predicted octanol–water partition coefficient (Wildman–Crippen LogP) is 8.97. The zero-order valence-corrected chi connectivity index (χ0v) is 27.0. The first-order valence-electron chi connectivity index (χ1n) is 14.9. The number of aryl methyl sites for hydroxylation is 2. The second-order valence-corrected chi connectivity index (χ2v) is 8.48. The molecule has 1 heterocycles. The fourth-order valence-electron chi connectivity index (χ4n) is 3.49. The van der Waals surface area contributed by atoms with Crippen LogP contribution >= 0.6 is 0 Å². The highest BCUT2D eigenvalue weighted by Gasteiger charge is 1.99. The SMILES string of the molecule is CC.CC.CCc1ccc(CC)cc1.COCC(O)COC.c1ccc2ccccc2c1.c1ccc2nccnc2c1. The molecule has 5 aromatic rings. The highest BCUT2D eigenvalue weighted by atomic mass is 16.5. The molecule has 5 nitrogen and oxygen atoms in total. The second-order valence-electron chi connectivity index (χ2n) is 8.48. The maximum Gasteiger partial charge on any atom is 0.101 e. The molecule has 1 aromatic heterocycles. The smallest absolute Gasteiger partial charge is 0.101 e. The third-order valence-corrected chi connectivity index (χ3v) is 5.59. The summed E-state index contributed by atoms with van der Waals surface area (Å²) >= 11 is 0. The van der Waals surface area contributed by atoms with Gasteiger partial charge in [-0.1, -0.05) is 126 Å². The fraction of sp³-hybridized carbons (Fsp3) is 0.351. The molecule has 5 rings (SSSR count). The number of hydrogen-bond acceptors (Lipinski definition) is 5. The maximum atomic E-state index is 8.80. The normalized spacial score (nSPS) is 9.38. The molecule has 0 aliphatic carbocycles. The summed E-state index contributed by atoms with van der Waals surface area (Å²) in [6.45, 7) is 13.0. The Morgan fingerprint density at radius 2 is 0.857 bits per heavy atom. The minimum Gasteiger partial charge on any atom is -0.388 e. The quantitative estimate of drug-likeness (QED) is 0.220. The minimum absolute atomic E-state index is 0.341. The van der Waals surface area contributed by atoms with Crippen molar-refractivity contribution in [3.63, 3.8) is 0 Å². The first-order chi connectivity index (χ1) is 20.6. The summed E-state index contributed by atoms with van der Waals surface area (Å²) in [6.07, 6.45) is 5.20. The summed E-state index contributed by atoms with van der Waals surface area (Å²) in [4.78, 5) is 8.24. The van der Waals surface area contributed by atoms with E-state index in [0.29, 0.717) is 13.2 Å². The predicted molar refractivity (Wildman–Crippen MR) is 181 cm³/mol. The Morgan fingerprint density at radius 3 is 1.14 bits per heavy atom. The number of benzene rings is 4. The Hall–Kier alpha value is -3.64. The molecule has 5 heteroatoms. The zero-order chi connectivity index (χ0) is 31.4. The number of aliphatic hydroxyl groups excluding tert-OH is 1. The molecule has 0 atom stereocenters. The average molecular weight is 573 g/mol. The van der Waals surface area contributed by atoms with E-state index < -0.39 is 6.10 Å². The van der Waals surface area contributed by atoms with Gasteiger partial charge in [-0.2, -0.15) is 0 Å². The van der Waals surface area contributed by atoms with Crippen LogP contribution in [0.2, 0.25) is 0 Å². The second kappa shape index (κ2) is 26.3. The number of rotatable bonds is 6. The van der Waals surface area contributed by atoms with Gasteiger partial charge in [0.15, 0.2) is 0 Å². The van der Waals surface area contributed by atoms with E-state index in [1.54, 1.807) is 26.6 Å². The molecule has 42 heavy (non-hydrogen) atoms. The lowest BCUT2D eigenvalue weighted by Crippen LogP contribution is -2.19. The van der Waals surface area contributed by atoms with Crippen LogP contribution in [0.3, 0.4) is 0 Å². The average Bonchev–Trinajstić information content (AvgIpc) is 3.08. The van der Waals surface area contributed by atoms with Crippen molar-refractivity contribution >= 4 is 21.8 Å². The Balaban J connectivity index is 0.000000515. The van der Waals surface area contributed by atoms with Gasteiger partial charge in [0.2, 0.25) is 0 Å². The summed E-state index contributed by atoms with van der Waals surface area (Å²) in [7, 11) is 3.08. The highest BCUT2D eigenvalue weighted by Crippen LogP contribution is 2.11. The van der Waals surface area contributed by atoms with Gasteiger partial charge in [0, 0.05) is 26.6 Å². The van der Waals surface area contributed by atoms with Crippen molar-refractivity contribution in [3.8, 4) is 0 Å². The van der Waals surface area contributed by atoms with Crippen molar-refractivity contribution in [1.82, 2.24) is 9.97 Å². The molecule has 0 saturated heterocycles. The maximum absolute atomic E-state index is 8.80. The van der Waals surface area contributed by atoms with E-state index in [0.717, 1.165) is 23.9 Å². The van der Waals surface area contributed by atoms with E-state index in [4.69, 9.17) is 5.11 Å². The van der Waals surface area contributed by atoms with Crippen LogP contribution in [0.1, 0.15) is 52.7 Å². The minimum atomic E-state index is -0.481. The summed E-state index contributed by atoms with van der Waals surface area (Å²) < 4.78 is 9.25. The number of ether oxygens (including phenoxy) is 2. The van der Waals surface area contributed by atoms with E-state index in [9.17, 15) is 0 Å². The fourth-order valence-corrected chi connectivity index (χ4v) is 3.49. The van der Waals surface area contributed by atoms with Gasteiger partial charge in [-0.3, -0.25) is 9.97 Å². The van der Waals surface area contributed by atoms with E-state index in [-0.39, 0.29) is 0 Å². The topological polar surface area (TPSA) is 64.5 Å². The van der Waals surface area contributed by atoms with Gasteiger partial charge in [0.05, 0.1) is 24.2 Å². The van der Waals surface area contributed by atoms with Crippen molar-refractivity contribution in [3.05, 3.63) is 121 Å². The van der Waals surface area contributed by atoms with E-state index in [2.05, 4.69) is 106 Å². The number of nitrogens with zero attached hydrogens (tertiary/aromatic N) is 2. The van der Waals surface area contributed by atoms with E-state index >= 15 is 0 Å². The molecule has 4 aromatic carbocycles. The van der Waals surface area contributed by atoms with Crippen LogP contribution in [0.25, 0.3) is 21.8 Å². The lowest BCUT2D eigenvalue weighted by atomic mass is 10.1. The standard InChI is InChI=1S/C10H8.C10H14.C8H6N2.C5H12O3.2C2H6/c1-2-6-10-8-4-3-7-9(10)5-1;1-3-9-5-7-10(4-2)8-6-9;1-2-4-8-7(3-1)9-5-6-10-8;1-7-3-5(6)4-8-2;2*1-2/h1-8H;5-8H,3-4H2,1-2H3;1-6H;5-6H,3-4H2,1-2H3;2*1-2H3. The summed E-state index contributed by atoms with van der Waals surface area (Å²) in [5.74, 6) is 0. The van der Waals surface area contributed by atoms with Gasteiger partial charge < -0.3 is 14.6 Å². The van der Waals surface area contributed by atoms with Gasteiger partial charge in [-0.25, -0.2) is 0 Å². The first-order valence-corrected chi connectivity index (χ1v) is 14.9. The third-order valence-electron chi connectivity index (χ3n) is 5.59. The molecule has 0 radical (unpaired) electrons. The zero-order valence-electron chi connectivity index (χ0n) is 27.0. The summed E-state index contributed by atoms with van der Waals surface area (Å²) in [5.41, 5.74) is 4.75. The lowest BCUT2D eigenvalue weighted by molar-refractivity contribution is 0.00980. The molecule has 0 spiro atoms. The molecule has 1 N–H and O–H groups in total. The van der Waals surface area contributed by atoms with Crippen LogP contribution < -0.4 is 0 Å². The van der Waals surface area contributed by atoms with Gasteiger partial charge in [0.25, 0.3) is 0 Å². The number of aromatic nitrogens is 2. The first kappa shape index (κ1) is 38.4. The van der Waals surface area contributed by atoms with Gasteiger partial charge >= 0.3 is 0 Å². The highest BCUT2D eigenvalue weighted by molar-refractivity contribution is 5.82. The number of aliphatic hydroxyl groups is 1. The summed E-state index contributed by atoms with van der Waals surface area (Å²) in [6, 6.07) is 33.3. The molecular formula is C37H52N2O3. The van der Waals surface area contributed by atoms with Crippen molar-refractivity contribution in [2.75, 3.05) is 27.4 Å². The molecule has 0 amide bonds. The van der Waals surface area contributed by atoms with Crippen molar-refractivity contribution in [1.29, 1.82) is 0 Å². The molecule has 228 valence electrons. The monoisotopic (exact) mass is 572 g/mol. The Morgan fingerprint density at radius 1 is 0.548 bits per heavy atom. The molecule has 0 aliphatic heterocycles. The van der Waals surface area contributed by atoms with Gasteiger partial charge in [-0.15, -0.1) is 0 Å². The Bertz CT molecular complexity index is 1060. The number of para-hydroxylation sites is 2. The van der Waals surface area contributed by atoms with Crippen LogP contribution in [-0.4, -0.2) is 48.6 Å². The van der Waals surface area contributed by atoms with Crippen molar-refractivity contribution in [2.24, 2.45) is 0 Å². The van der Waals surface area contributed by atoms with Crippen LogP contribution in [0.15, 0.2) is 109 Å². The number of fused-ring (bicyclic) bond motifs is 2. The van der Waals surface area contributed by atoms with Crippen LogP contribution in [0, 0.1) is 0 Å². The third kappa shape index (κ3) is 16.6. The van der Waals surface area contributed by atoms with Gasteiger partial charge in [0.1, 0.15) is 6.10 Å². The molecule has 0 unspecified atom stereocenters. The Labute approximate surface area is 254 Å². The Kier molecular flexibility index (Phi) is 24.0. The largest absolute Gasteiger partial charge is 0.388 e. The molecule has 0 fully saturated rings. The van der Waals surface area contributed by atoms with E-state index in [1.165, 1.54) is 21.9 Å².